The topological polar surface area (TPSA) is 23.8 Å². The van der Waals surface area contributed by atoms with E-state index in [4.69, 9.17) is 5.26 Å². The third kappa shape index (κ3) is 1.31. The number of unbranched alkanes of at least 4 members (excludes halogenated alkanes) is 1. The van der Waals surface area contributed by atoms with Crippen LogP contribution in [-0.2, 0) is 0 Å². The maximum Gasteiger partial charge on any atom is 0.0689 e. The van der Waals surface area contributed by atoms with Gasteiger partial charge in [-0.2, -0.15) is 5.26 Å². The predicted molar refractivity (Wildman–Crippen MR) is 41.4 cm³/mol. The maximum atomic E-state index is 8.69. The highest BCUT2D eigenvalue weighted by atomic mass is 14.5. The monoisotopic (exact) mass is 137 g/mol. The van der Waals surface area contributed by atoms with E-state index >= 15 is 0 Å². The molecule has 2 unspecified atom stereocenters. The maximum absolute atomic E-state index is 8.69. The summed E-state index contributed by atoms with van der Waals surface area (Å²) < 4.78 is 0. The molecule has 0 bridgehead atoms. The normalized spacial score (nSPS) is 37.1. The molecule has 0 aromatic carbocycles. The van der Waals surface area contributed by atoms with E-state index in [1.54, 1.807) is 0 Å². The van der Waals surface area contributed by atoms with Gasteiger partial charge in [0.05, 0.1) is 11.5 Å². The van der Waals surface area contributed by atoms with Crippen molar-refractivity contribution in [2.24, 2.45) is 11.3 Å². The minimum absolute atomic E-state index is 0.0647. The molecule has 0 spiro atoms. The van der Waals surface area contributed by atoms with Gasteiger partial charge in [-0.25, -0.2) is 0 Å². The van der Waals surface area contributed by atoms with Crippen molar-refractivity contribution in [3.8, 4) is 6.07 Å². The van der Waals surface area contributed by atoms with Gasteiger partial charge in [-0.1, -0.05) is 19.8 Å². The molecule has 0 N–H and O–H groups in total. The van der Waals surface area contributed by atoms with Crippen LogP contribution in [0.4, 0.5) is 0 Å². The molecule has 10 heavy (non-hydrogen) atoms. The highest BCUT2D eigenvalue weighted by Gasteiger charge is 2.49. The lowest BCUT2D eigenvalue weighted by atomic mass is 10.1. The van der Waals surface area contributed by atoms with Crippen LogP contribution < -0.4 is 0 Å². The summed E-state index contributed by atoms with van der Waals surface area (Å²) in [5.74, 6) is 0.720. The third-order valence-corrected chi connectivity index (χ3v) is 2.57. The number of hydrogen-bond acceptors (Lipinski definition) is 1. The van der Waals surface area contributed by atoms with Gasteiger partial charge >= 0.3 is 0 Å². The van der Waals surface area contributed by atoms with E-state index in [-0.39, 0.29) is 5.41 Å². The van der Waals surface area contributed by atoms with Crippen molar-refractivity contribution >= 4 is 0 Å². The summed E-state index contributed by atoms with van der Waals surface area (Å²) in [5, 5.41) is 8.69. The van der Waals surface area contributed by atoms with Crippen molar-refractivity contribution in [1.29, 1.82) is 5.26 Å². The summed E-state index contributed by atoms with van der Waals surface area (Å²) in [5.41, 5.74) is 0.0647. The zero-order valence-corrected chi connectivity index (χ0v) is 6.85. The SMILES string of the molecule is CCCCC1CC1(C)C#N. The standard InChI is InChI=1S/C9H15N/c1-3-4-5-8-6-9(8,2)7-10/h8H,3-6H2,1-2H3. The van der Waals surface area contributed by atoms with Gasteiger partial charge in [0.1, 0.15) is 0 Å². The summed E-state index contributed by atoms with van der Waals surface area (Å²) in [6, 6.07) is 2.37. The smallest absolute Gasteiger partial charge is 0.0689 e. The first-order valence-corrected chi connectivity index (χ1v) is 4.14. The molecular formula is C9H15N. The van der Waals surface area contributed by atoms with Crippen molar-refractivity contribution in [2.75, 3.05) is 0 Å². The van der Waals surface area contributed by atoms with E-state index in [0.29, 0.717) is 0 Å². The molecule has 1 fully saturated rings. The Labute approximate surface area is 63.0 Å². The van der Waals surface area contributed by atoms with Crippen LogP contribution in [0.1, 0.15) is 39.5 Å². The molecule has 56 valence electrons. The molecule has 1 aliphatic rings. The molecule has 0 heterocycles. The van der Waals surface area contributed by atoms with E-state index in [9.17, 15) is 0 Å². The van der Waals surface area contributed by atoms with Crippen LogP contribution in [0.2, 0.25) is 0 Å². The number of rotatable bonds is 3. The van der Waals surface area contributed by atoms with E-state index in [0.717, 1.165) is 12.3 Å². The van der Waals surface area contributed by atoms with Gasteiger partial charge in [0.2, 0.25) is 0 Å². The summed E-state index contributed by atoms with van der Waals surface area (Å²) in [7, 11) is 0. The lowest BCUT2D eigenvalue weighted by Crippen LogP contribution is -1.92. The largest absolute Gasteiger partial charge is 0.198 e. The summed E-state index contributed by atoms with van der Waals surface area (Å²) >= 11 is 0. The lowest BCUT2D eigenvalue weighted by Gasteiger charge is -1.97. The Morgan fingerprint density at radius 3 is 2.80 bits per heavy atom. The fourth-order valence-corrected chi connectivity index (χ4v) is 1.46. The van der Waals surface area contributed by atoms with Crippen LogP contribution in [0.3, 0.4) is 0 Å². The number of nitrogens with zero attached hydrogens (tertiary/aromatic N) is 1. The summed E-state index contributed by atoms with van der Waals surface area (Å²) in [6.45, 7) is 4.28. The zero-order valence-electron chi connectivity index (χ0n) is 6.85. The van der Waals surface area contributed by atoms with Gasteiger partial charge in [-0.05, 0) is 25.7 Å². The molecule has 0 radical (unpaired) electrons. The highest BCUT2D eigenvalue weighted by Crippen LogP contribution is 2.54. The van der Waals surface area contributed by atoms with Crippen LogP contribution in [0.5, 0.6) is 0 Å². The van der Waals surface area contributed by atoms with Crippen LogP contribution >= 0.6 is 0 Å². The molecule has 1 rings (SSSR count). The molecule has 0 saturated heterocycles. The Kier molecular flexibility index (Phi) is 1.99. The van der Waals surface area contributed by atoms with E-state index < -0.39 is 0 Å². The fourth-order valence-electron chi connectivity index (χ4n) is 1.46. The molecule has 1 nitrogen and oxygen atoms in total. The molecule has 1 heteroatoms. The average molecular weight is 137 g/mol. The molecular weight excluding hydrogens is 122 g/mol. The van der Waals surface area contributed by atoms with Crippen molar-refractivity contribution in [2.45, 2.75) is 39.5 Å². The Morgan fingerprint density at radius 1 is 1.70 bits per heavy atom. The van der Waals surface area contributed by atoms with Gasteiger partial charge in [0.15, 0.2) is 0 Å². The van der Waals surface area contributed by atoms with Crippen molar-refractivity contribution in [1.82, 2.24) is 0 Å². The minimum Gasteiger partial charge on any atom is -0.198 e. The Bertz CT molecular complexity index is 157. The highest BCUT2D eigenvalue weighted by molar-refractivity contribution is 5.12. The fraction of sp³-hybridized carbons (Fsp3) is 0.889. The molecule has 1 aliphatic carbocycles. The lowest BCUT2D eigenvalue weighted by molar-refractivity contribution is 0.567. The van der Waals surface area contributed by atoms with E-state index in [2.05, 4.69) is 19.9 Å². The van der Waals surface area contributed by atoms with Crippen molar-refractivity contribution in [3.05, 3.63) is 0 Å². The first kappa shape index (κ1) is 7.60. The Hall–Kier alpha value is -0.510. The Morgan fingerprint density at radius 2 is 2.40 bits per heavy atom. The minimum atomic E-state index is 0.0647. The second-order valence-electron chi connectivity index (χ2n) is 3.57. The van der Waals surface area contributed by atoms with Gasteiger partial charge in [-0.3, -0.25) is 0 Å². The molecule has 0 amide bonds. The second-order valence-corrected chi connectivity index (χ2v) is 3.57. The van der Waals surface area contributed by atoms with E-state index in [1.165, 1.54) is 19.3 Å². The molecule has 0 aromatic rings. The third-order valence-electron chi connectivity index (χ3n) is 2.57. The quantitative estimate of drug-likeness (QED) is 0.586. The van der Waals surface area contributed by atoms with Crippen LogP contribution in [0.15, 0.2) is 0 Å². The number of hydrogen-bond donors (Lipinski definition) is 0. The predicted octanol–water partition coefficient (Wildman–Crippen LogP) is 2.73. The first-order valence-electron chi connectivity index (χ1n) is 4.14. The summed E-state index contributed by atoms with van der Waals surface area (Å²) in [6.07, 6.45) is 4.96. The first-order chi connectivity index (χ1) is 4.73. The van der Waals surface area contributed by atoms with Gasteiger partial charge in [-0.15, -0.1) is 0 Å². The van der Waals surface area contributed by atoms with Gasteiger partial charge in [0, 0.05) is 0 Å². The van der Waals surface area contributed by atoms with Crippen molar-refractivity contribution < 1.29 is 0 Å². The van der Waals surface area contributed by atoms with Crippen LogP contribution in [-0.4, -0.2) is 0 Å². The second kappa shape index (κ2) is 2.62. The molecule has 1 saturated carbocycles. The van der Waals surface area contributed by atoms with Crippen molar-refractivity contribution in [3.63, 3.8) is 0 Å². The number of nitriles is 1. The van der Waals surface area contributed by atoms with Crippen LogP contribution in [0, 0.1) is 22.7 Å². The van der Waals surface area contributed by atoms with Gasteiger partial charge in [0.25, 0.3) is 0 Å². The zero-order chi connectivity index (χ0) is 7.61. The molecule has 0 aliphatic heterocycles. The molecule has 0 aromatic heterocycles. The Balaban J connectivity index is 2.20. The van der Waals surface area contributed by atoms with E-state index in [1.807, 2.05) is 0 Å². The molecule has 2 atom stereocenters. The average Bonchev–Trinajstić information content (AvgIpc) is 2.59. The van der Waals surface area contributed by atoms with Gasteiger partial charge < -0.3 is 0 Å². The summed E-state index contributed by atoms with van der Waals surface area (Å²) in [4.78, 5) is 0. The van der Waals surface area contributed by atoms with Crippen LogP contribution in [0.25, 0.3) is 0 Å².